The number of hydrogen-bond donors (Lipinski definition) is 1. The van der Waals surface area contributed by atoms with Gasteiger partial charge in [0.05, 0.1) is 5.52 Å². The van der Waals surface area contributed by atoms with Gasteiger partial charge < -0.3 is 15.1 Å². The van der Waals surface area contributed by atoms with Crippen molar-refractivity contribution in [3.05, 3.63) is 34.9 Å². The maximum atomic E-state index is 12.5. The minimum atomic E-state index is 0.144. The van der Waals surface area contributed by atoms with Crippen molar-refractivity contribution in [1.29, 1.82) is 0 Å². The maximum Gasteiger partial charge on any atom is 0.223 e. The second kappa shape index (κ2) is 9.23. The highest BCUT2D eigenvalue weighted by Gasteiger charge is 2.25. The Morgan fingerprint density at radius 3 is 2.71 bits per heavy atom. The molecule has 2 aliphatic rings. The van der Waals surface area contributed by atoms with Crippen molar-refractivity contribution in [2.45, 2.75) is 32.1 Å². The lowest BCUT2D eigenvalue weighted by Crippen LogP contribution is -2.41. The molecule has 3 heterocycles. The van der Waals surface area contributed by atoms with Crippen LogP contribution >= 0.6 is 15.9 Å². The molecule has 150 valence electrons. The Labute approximate surface area is 175 Å². The number of fused-ring (bicyclic) bond motifs is 1. The number of carbonyl (C=O) groups is 1. The Kier molecular flexibility index (Phi) is 6.47. The molecule has 0 aliphatic carbocycles. The van der Waals surface area contributed by atoms with Crippen LogP contribution in [-0.2, 0) is 4.79 Å². The molecule has 2 aliphatic heterocycles. The van der Waals surface area contributed by atoms with Crippen LogP contribution in [0.2, 0.25) is 0 Å². The molecule has 0 saturated carbocycles. The molecule has 0 spiro atoms. The number of amides is 1. The third kappa shape index (κ3) is 4.66. The smallest absolute Gasteiger partial charge is 0.223 e. The van der Waals surface area contributed by atoms with Crippen molar-refractivity contribution in [1.82, 2.24) is 15.2 Å². The average Bonchev–Trinajstić information content (AvgIpc) is 3.24. The number of likely N-dealkylation sites (tertiary alicyclic amines) is 1. The molecule has 1 amide bonds. The van der Waals surface area contributed by atoms with Crippen LogP contribution in [0, 0.1) is 5.92 Å². The molecule has 0 radical (unpaired) electrons. The van der Waals surface area contributed by atoms with E-state index in [1.807, 2.05) is 6.20 Å². The van der Waals surface area contributed by atoms with E-state index in [2.05, 4.69) is 60.3 Å². The molecule has 0 bridgehead atoms. The monoisotopic (exact) mass is 444 g/mol. The normalized spacial score (nSPS) is 18.7. The van der Waals surface area contributed by atoms with E-state index in [1.54, 1.807) is 0 Å². The van der Waals surface area contributed by atoms with Crippen LogP contribution in [0.3, 0.4) is 0 Å². The van der Waals surface area contributed by atoms with Gasteiger partial charge in [0.15, 0.2) is 0 Å². The van der Waals surface area contributed by atoms with Gasteiger partial charge in [-0.3, -0.25) is 9.78 Å². The Hall–Kier alpha value is -1.66. The number of piperidine rings is 1. The molecule has 1 aromatic carbocycles. The SMILES string of the molecule is O=C(NCCCN1CCCC1)C1CCN(c2ccnc3cc(Br)ccc23)CC1. The number of pyridine rings is 1. The Bertz CT molecular complexity index is 813. The summed E-state index contributed by atoms with van der Waals surface area (Å²) in [4.78, 5) is 21.9. The molecule has 2 aromatic rings. The Balaban J connectivity index is 1.27. The van der Waals surface area contributed by atoms with Gasteiger partial charge >= 0.3 is 0 Å². The minimum absolute atomic E-state index is 0.144. The summed E-state index contributed by atoms with van der Waals surface area (Å²) >= 11 is 3.52. The van der Waals surface area contributed by atoms with Crippen LogP contribution in [0.15, 0.2) is 34.9 Å². The number of nitrogens with one attached hydrogen (secondary N) is 1. The topological polar surface area (TPSA) is 48.5 Å². The zero-order chi connectivity index (χ0) is 19.3. The number of aromatic nitrogens is 1. The molecule has 0 atom stereocenters. The standard InChI is InChI=1S/C22H29BrN4O/c23-18-4-5-19-20(16-18)24-10-6-21(19)27-14-7-17(8-15-27)22(28)25-9-3-13-26-11-1-2-12-26/h4-6,10,16-17H,1-3,7-9,11-15H2,(H,25,28). The summed E-state index contributed by atoms with van der Waals surface area (Å²) in [5, 5.41) is 4.34. The van der Waals surface area contributed by atoms with Crippen molar-refractivity contribution in [2.75, 3.05) is 44.2 Å². The van der Waals surface area contributed by atoms with Gasteiger partial charge in [0.25, 0.3) is 0 Å². The number of rotatable bonds is 6. The first-order valence-corrected chi connectivity index (χ1v) is 11.3. The fourth-order valence-corrected chi connectivity index (χ4v) is 4.78. The average molecular weight is 445 g/mol. The molecular formula is C22H29BrN4O. The number of halogens is 1. The van der Waals surface area contributed by atoms with Gasteiger partial charge in [-0.1, -0.05) is 15.9 Å². The second-order valence-corrected chi connectivity index (χ2v) is 8.86. The molecule has 1 aromatic heterocycles. The predicted octanol–water partition coefficient (Wildman–Crippen LogP) is 3.82. The van der Waals surface area contributed by atoms with E-state index in [-0.39, 0.29) is 11.8 Å². The first-order valence-electron chi connectivity index (χ1n) is 10.5. The molecule has 1 N–H and O–H groups in total. The van der Waals surface area contributed by atoms with E-state index >= 15 is 0 Å². The van der Waals surface area contributed by atoms with E-state index in [4.69, 9.17) is 0 Å². The lowest BCUT2D eigenvalue weighted by atomic mass is 9.95. The molecule has 4 rings (SSSR count). The number of hydrogen-bond acceptors (Lipinski definition) is 4. The number of anilines is 1. The van der Waals surface area contributed by atoms with Crippen LogP contribution < -0.4 is 10.2 Å². The summed E-state index contributed by atoms with van der Waals surface area (Å²) in [6.07, 6.45) is 7.42. The quantitative estimate of drug-likeness (QED) is 0.687. The maximum absolute atomic E-state index is 12.5. The van der Waals surface area contributed by atoms with Crippen molar-refractivity contribution in [3.8, 4) is 0 Å². The van der Waals surface area contributed by atoms with Gasteiger partial charge in [0.1, 0.15) is 0 Å². The summed E-state index contributed by atoms with van der Waals surface area (Å²) in [5.41, 5.74) is 2.23. The molecule has 6 heteroatoms. The van der Waals surface area contributed by atoms with E-state index in [1.165, 1.54) is 37.0 Å². The first kappa shape index (κ1) is 19.6. The minimum Gasteiger partial charge on any atom is -0.371 e. The summed E-state index contributed by atoms with van der Waals surface area (Å²) in [7, 11) is 0. The molecule has 28 heavy (non-hydrogen) atoms. The molecule has 5 nitrogen and oxygen atoms in total. The van der Waals surface area contributed by atoms with Crippen molar-refractivity contribution in [3.63, 3.8) is 0 Å². The Morgan fingerprint density at radius 2 is 1.93 bits per heavy atom. The van der Waals surface area contributed by atoms with Crippen molar-refractivity contribution in [2.24, 2.45) is 5.92 Å². The summed E-state index contributed by atoms with van der Waals surface area (Å²) in [5.74, 6) is 0.384. The lowest BCUT2D eigenvalue weighted by molar-refractivity contribution is -0.125. The zero-order valence-corrected chi connectivity index (χ0v) is 18.0. The largest absolute Gasteiger partial charge is 0.371 e. The predicted molar refractivity (Wildman–Crippen MR) is 118 cm³/mol. The van der Waals surface area contributed by atoms with Crippen LogP contribution in [0.5, 0.6) is 0 Å². The third-order valence-electron chi connectivity index (χ3n) is 6.04. The number of benzene rings is 1. The molecule has 2 saturated heterocycles. The summed E-state index contributed by atoms with van der Waals surface area (Å²) < 4.78 is 1.05. The van der Waals surface area contributed by atoms with Crippen molar-refractivity contribution >= 4 is 38.4 Å². The van der Waals surface area contributed by atoms with Crippen LogP contribution in [0.1, 0.15) is 32.1 Å². The van der Waals surface area contributed by atoms with Crippen LogP contribution in [0.25, 0.3) is 10.9 Å². The van der Waals surface area contributed by atoms with Gasteiger partial charge in [-0.05, 0) is 76.0 Å². The number of nitrogens with zero attached hydrogens (tertiary/aromatic N) is 3. The highest BCUT2D eigenvalue weighted by atomic mass is 79.9. The third-order valence-corrected chi connectivity index (χ3v) is 6.53. The van der Waals surface area contributed by atoms with Gasteiger partial charge in [-0.2, -0.15) is 0 Å². The first-order chi connectivity index (χ1) is 13.7. The highest BCUT2D eigenvalue weighted by molar-refractivity contribution is 9.10. The van der Waals surface area contributed by atoms with Gasteiger partial charge in [0.2, 0.25) is 5.91 Å². The van der Waals surface area contributed by atoms with Gasteiger partial charge in [-0.25, -0.2) is 0 Å². The zero-order valence-electron chi connectivity index (χ0n) is 16.4. The molecule has 2 fully saturated rings. The summed E-state index contributed by atoms with van der Waals surface area (Å²) in [6, 6.07) is 8.34. The van der Waals surface area contributed by atoms with Gasteiger partial charge in [-0.15, -0.1) is 0 Å². The fraction of sp³-hybridized carbons (Fsp3) is 0.545. The van der Waals surface area contributed by atoms with E-state index in [0.717, 1.165) is 55.4 Å². The number of carbonyl (C=O) groups excluding carboxylic acids is 1. The van der Waals surface area contributed by atoms with E-state index < -0.39 is 0 Å². The highest BCUT2D eigenvalue weighted by Crippen LogP contribution is 2.30. The van der Waals surface area contributed by atoms with Gasteiger partial charge in [0, 0.05) is 47.3 Å². The van der Waals surface area contributed by atoms with E-state index in [9.17, 15) is 4.79 Å². The summed E-state index contributed by atoms with van der Waals surface area (Å²) in [6.45, 7) is 6.21. The van der Waals surface area contributed by atoms with Crippen LogP contribution in [0.4, 0.5) is 5.69 Å². The second-order valence-electron chi connectivity index (χ2n) is 7.95. The molecular weight excluding hydrogens is 416 g/mol. The Morgan fingerprint density at radius 1 is 1.14 bits per heavy atom. The van der Waals surface area contributed by atoms with Crippen molar-refractivity contribution < 1.29 is 4.79 Å². The fourth-order valence-electron chi connectivity index (χ4n) is 4.43. The van der Waals surface area contributed by atoms with Crippen LogP contribution in [-0.4, -0.2) is 55.1 Å². The van der Waals surface area contributed by atoms with E-state index in [0.29, 0.717) is 0 Å². The lowest BCUT2D eigenvalue weighted by Gasteiger charge is -2.33. The molecule has 0 unspecified atom stereocenters.